The summed E-state index contributed by atoms with van der Waals surface area (Å²) in [6.07, 6.45) is 3.12. The fraction of sp³-hybridized carbons (Fsp3) is 0.533. The Kier molecular flexibility index (Phi) is 4.82. The fourth-order valence-electron chi connectivity index (χ4n) is 2.15. The summed E-state index contributed by atoms with van der Waals surface area (Å²) >= 11 is 12.2. The Morgan fingerprint density at radius 2 is 2.05 bits per heavy atom. The maximum absolute atomic E-state index is 12.7. The van der Waals surface area contributed by atoms with Crippen LogP contribution in [0, 0.1) is 5.92 Å². The zero-order valence-electron chi connectivity index (χ0n) is 11.8. The van der Waals surface area contributed by atoms with Crippen LogP contribution in [-0.4, -0.2) is 23.4 Å². The summed E-state index contributed by atoms with van der Waals surface area (Å²) < 4.78 is 0. The normalized spacial score (nSPS) is 14.7. The monoisotopic (exact) mass is 314 g/mol. The molecule has 0 atom stereocenters. The molecule has 0 radical (unpaired) electrons. The van der Waals surface area contributed by atoms with E-state index in [0.717, 1.165) is 25.8 Å². The molecule has 0 saturated heterocycles. The number of halogens is 2. The standard InChI is InChI=1S/C15H20Cl2N2O/c1-9(2)5-6-19(11-3-4-11)15(20)12-7-10(18)8-13(16)14(12)17/h7-9,11H,3-6,18H2,1-2H3. The highest BCUT2D eigenvalue weighted by Gasteiger charge is 2.33. The molecule has 1 amide bonds. The molecule has 1 aromatic rings. The number of benzene rings is 1. The lowest BCUT2D eigenvalue weighted by atomic mass is 10.1. The van der Waals surface area contributed by atoms with Crippen LogP contribution in [-0.2, 0) is 0 Å². The number of nitrogens with two attached hydrogens (primary N) is 1. The molecule has 0 heterocycles. The summed E-state index contributed by atoms with van der Waals surface area (Å²) in [4.78, 5) is 14.6. The van der Waals surface area contributed by atoms with Crippen LogP contribution in [0.15, 0.2) is 12.1 Å². The first-order valence-corrected chi connectivity index (χ1v) is 7.71. The molecule has 1 fully saturated rings. The molecule has 0 bridgehead atoms. The second kappa shape index (κ2) is 6.23. The molecule has 0 aromatic heterocycles. The molecule has 2 rings (SSSR count). The van der Waals surface area contributed by atoms with Crippen molar-refractivity contribution in [3.8, 4) is 0 Å². The Bertz CT molecular complexity index is 513. The van der Waals surface area contributed by atoms with Crippen molar-refractivity contribution in [1.82, 2.24) is 4.90 Å². The molecule has 3 nitrogen and oxygen atoms in total. The van der Waals surface area contributed by atoms with E-state index in [1.54, 1.807) is 12.1 Å². The van der Waals surface area contributed by atoms with Crippen molar-refractivity contribution < 1.29 is 4.79 Å². The van der Waals surface area contributed by atoms with Gasteiger partial charge in [0.15, 0.2) is 0 Å². The highest BCUT2D eigenvalue weighted by atomic mass is 35.5. The van der Waals surface area contributed by atoms with E-state index < -0.39 is 0 Å². The summed E-state index contributed by atoms with van der Waals surface area (Å²) in [7, 11) is 0. The van der Waals surface area contributed by atoms with Crippen molar-refractivity contribution in [3.05, 3.63) is 27.7 Å². The van der Waals surface area contributed by atoms with Gasteiger partial charge in [-0.2, -0.15) is 0 Å². The van der Waals surface area contributed by atoms with Crippen LogP contribution in [0.1, 0.15) is 43.5 Å². The van der Waals surface area contributed by atoms with E-state index in [0.29, 0.717) is 33.3 Å². The predicted octanol–water partition coefficient (Wildman–Crippen LogP) is 4.23. The lowest BCUT2D eigenvalue weighted by Gasteiger charge is -2.24. The quantitative estimate of drug-likeness (QED) is 0.827. The summed E-state index contributed by atoms with van der Waals surface area (Å²) in [5, 5.41) is 0.621. The lowest BCUT2D eigenvalue weighted by Crippen LogP contribution is -2.34. The number of hydrogen-bond acceptors (Lipinski definition) is 2. The van der Waals surface area contributed by atoms with E-state index in [9.17, 15) is 4.79 Å². The van der Waals surface area contributed by atoms with Gasteiger partial charge in [-0.15, -0.1) is 0 Å². The Morgan fingerprint density at radius 3 is 2.60 bits per heavy atom. The van der Waals surface area contributed by atoms with Gasteiger partial charge in [0.25, 0.3) is 5.91 Å². The number of carbonyl (C=O) groups is 1. The average molecular weight is 315 g/mol. The predicted molar refractivity (Wildman–Crippen MR) is 84.4 cm³/mol. The van der Waals surface area contributed by atoms with Crippen LogP contribution in [0.5, 0.6) is 0 Å². The van der Waals surface area contributed by atoms with Crippen molar-refractivity contribution in [3.63, 3.8) is 0 Å². The molecule has 5 heteroatoms. The van der Waals surface area contributed by atoms with Crippen LogP contribution >= 0.6 is 23.2 Å². The largest absolute Gasteiger partial charge is 0.399 e. The summed E-state index contributed by atoms with van der Waals surface area (Å²) in [5.41, 5.74) is 6.64. The van der Waals surface area contributed by atoms with E-state index in [-0.39, 0.29) is 5.91 Å². The molecule has 110 valence electrons. The van der Waals surface area contributed by atoms with E-state index in [1.807, 2.05) is 4.90 Å². The molecule has 0 spiro atoms. The topological polar surface area (TPSA) is 46.3 Å². The first-order chi connectivity index (χ1) is 9.40. The first-order valence-electron chi connectivity index (χ1n) is 6.95. The van der Waals surface area contributed by atoms with Gasteiger partial charge < -0.3 is 10.6 Å². The van der Waals surface area contributed by atoms with Gasteiger partial charge in [-0.3, -0.25) is 4.79 Å². The Hall–Kier alpha value is -0.930. The van der Waals surface area contributed by atoms with Gasteiger partial charge >= 0.3 is 0 Å². The van der Waals surface area contributed by atoms with Crippen molar-refractivity contribution in [2.24, 2.45) is 5.92 Å². The Labute approximate surface area is 130 Å². The maximum Gasteiger partial charge on any atom is 0.255 e. The molecule has 1 aromatic carbocycles. The first kappa shape index (κ1) is 15.5. The lowest BCUT2D eigenvalue weighted by molar-refractivity contribution is 0.0735. The zero-order valence-corrected chi connectivity index (χ0v) is 13.3. The minimum atomic E-state index is -0.0626. The third-order valence-corrected chi connectivity index (χ3v) is 4.28. The Morgan fingerprint density at radius 1 is 1.40 bits per heavy atom. The van der Waals surface area contributed by atoms with Crippen LogP contribution in [0.3, 0.4) is 0 Å². The number of nitrogen functional groups attached to an aromatic ring is 1. The molecular formula is C15H20Cl2N2O. The van der Waals surface area contributed by atoms with Crippen LogP contribution in [0.25, 0.3) is 0 Å². The number of carbonyl (C=O) groups excluding carboxylic acids is 1. The van der Waals surface area contributed by atoms with E-state index >= 15 is 0 Å². The van der Waals surface area contributed by atoms with Gasteiger partial charge in [-0.25, -0.2) is 0 Å². The van der Waals surface area contributed by atoms with Gasteiger partial charge in [-0.1, -0.05) is 37.0 Å². The SMILES string of the molecule is CC(C)CCN(C(=O)c1cc(N)cc(Cl)c1Cl)C1CC1. The highest BCUT2D eigenvalue weighted by Crippen LogP contribution is 2.33. The summed E-state index contributed by atoms with van der Waals surface area (Å²) in [6.45, 7) is 5.06. The number of nitrogens with zero attached hydrogens (tertiary/aromatic N) is 1. The highest BCUT2D eigenvalue weighted by molar-refractivity contribution is 6.44. The number of anilines is 1. The van der Waals surface area contributed by atoms with Gasteiger partial charge in [0.1, 0.15) is 0 Å². The average Bonchev–Trinajstić information content (AvgIpc) is 3.17. The van der Waals surface area contributed by atoms with E-state index in [1.165, 1.54) is 0 Å². The van der Waals surface area contributed by atoms with Crippen LogP contribution < -0.4 is 5.73 Å². The number of rotatable bonds is 5. The van der Waals surface area contributed by atoms with Gasteiger partial charge in [0.05, 0.1) is 15.6 Å². The number of hydrogen-bond donors (Lipinski definition) is 1. The van der Waals surface area contributed by atoms with Gasteiger partial charge in [0, 0.05) is 18.3 Å². The van der Waals surface area contributed by atoms with Crippen LogP contribution in [0.2, 0.25) is 10.0 Å². The fourth-order valence-corrected chi connectivity index (χ4v) is 2.57. The van der Waals surface area contributed by atoms with Crippen molar-refractivity contribution in [1.29, 1.82) is 0 Å². The smallest absolute Gasteiger partial charge is 0.255 e. The molecule has 20 heavy (non-hydrogen) atoms. The van der Waals surface area contributed by atoms with Crippen molar-refractivity contribution in [2.75, 3.05) is 12.3 Å². The van der Waals surface area contributed by atoms with Gasteiger partial charge in [-0.05, 0) is 37.3 Å². The second-order valence-electron chi connectivity index (χ2n) is 5.78. The molecule has 1 aliphatic rings. The zero-order chi connectivity index (χ0) is 14.9. The molecule has 1 saturated carbocycles. The van der Waals surface area contributed by atoms with Crippen molar-refractivity contribution in [2.45, 2.75) is 39.2 Å². The molecule has 2 N–H and O–H groups in total. The van der Waals surface area contributed by atoms with E-state index in [2.05, 4.69) is 13.8 Å². The number of amides is 1. The van der Waals surface area contributed by atoms with Gasteiger partial charge in [0.2, 0.25) is 0 Å². The third kappa shape index (κ3) is 3.58. The molecule has 1 aliphatic carbocycles. The third-order valence-electron chi connectivity index (χ3n) is 3.48. The maximum atomic E-state index is 12.7. The minimum Gasteiger partial charge on any atom is -0.399 e. The van der Waals surface area contributed by atoms with E-state index in [4.69, 9.17) is 28.9 Å². The second-order valence-corrected chi connectivity index (χ2v) is 6.56. The molecule has 0 unspecified atom stereocenters. The summed E-state index contributed by atoms with van der Waals surface area (Å²) in [5.74, 6) is 0.497. The molecule has 0 aliphatic heterocycles. The van der Waals surface area contributed by atoms with Crippen molar-refractivity contribution >= 4 is 34.8 Å². The minimum absolute atomic E-state index is 0.0626. The summed E-state index contributed by atoms with van der Waals surface area (Å²) in [6, 6.07) is 3.52. The Balaban J connectivity index is 2.23. The molecular weight excluding hydrogens is 295 g/mol. The van der Waals surface area contributed by atoms with Crippen LogP contribution in [0.4, 0.5) is 5.69 Å².